The first-order chi connectivity index (χ1) is 24.3. The van der Waals surface area contributed by atoms with Crippen molar-refractivity contribution >= 4 is 24.2 Å². The molecule has 1 aliphatic heterocycles. The number of ether oxygens (including phenoxy) is 3. The van der Waals surface area contributed by atoms with E-state index in [2.05, 4.69) is 22.3 Å². The van der Waals surface area contributed by atoms with E-state index in [4.69, 9.17) is 14.2 Å². The molecule has 0 aliphatic carbocycles. The fraction of sp³-hybridized carbons (Fsp3) is 0.615. The molecule has 13 nitrogen and oxygen atoms in total. The van der Waals surface area contributed by atoms with Gasteiger partial charge in [0.25, 0.3) is 5.91 Å². The predicted octanol–water partition coefficient (Wildman–Crippen LogP) is 5.17. The normalized spacial score (nSPS) is 15.6. The Morgan fingerprint density at radius 3 is 1.52 bits per heavy atom. The summed E-state index contributed by atoms with van der Waals surface area (Å²) in [7, 11) is 0. The number of rotatable bonds is 7. The molecule has 0 unspecified atom stereocenters. The molecule has 0 bridgehead atoms. The van der Waals surface area contributed by atoms with E-state index in [-0.39, 0.29) is 32.1 Å². The molecule has 1 fully saturated rings. The lowest BCUT2D eigenvalue weighted by molar-refractivity contribution is -0.688. The zero-order valence-corrected chi connectivity index (χ0v) is 32.8. The minimum Gasteiger partial charge on any atom is -0.444 e. The van der Waals surface area contributed by atoms with Gasteiger partial charge in [-0.1, -0.05) is 30.3 Å². The van der Waals surface area contributed by atoms with E-state index < -0.39 is 35.1 Å². The molecule has 4 amide bonds. The maximum Gasteiger partial charge on any atom is 0.410 e. The Bertz CT molecular complexity index is 1420. The first-order valence-electron chi connectivity index (χ1n) is 18.3. The van der Waals surface area contributed by atoms with Gasteiger partial charge in [-0.3, -0.25) is 9.69 Å². The molecule has 2 aromatic rings. The molecule has 1 saturated heterocycles. The van der Waals surface area contributed by atoms with E-state index >= 15 is 0 Å². The molecule has 52 heavy (non-hydrogen) atoms. The van der Waals surface area contributed by atoms with Crippen LogP contribution in [0.1, 0.15) is 84.7 Å². The number of hydrogen-bond acceptors (Lipinski definition) is 8. The molecule has 2 heterocycles. The fourth-order valence-corrected chi connectivity index (χ4v) is 5.36. The minimum absolute atomic E-state index is 0.155. The van der Waals surface area contributed by atoms with Gasteiger partial charge in [0.1, 0.15) is 22.4 Å². The third-order valence-corrected chi connectivity index (χ3v) is 7.87. The van der Waals surface area contributed by atoms with Crippen LogP contribution in [0.25, 0.3) is 0 Å². The summed E-state index contributed by atoms with van der Waals surface area (Å²) in [4.78, 5) is 60.0. The lowest BCUT2D eigenvalue weighted by Crippen LogP contribution is -2.51. The third-order valence-electron chi connectivity index (χ3n) is 7.87. The molecular weight excluding hydrogens is 664 g/mol. The fourth-order valence-electron chi connectivity index (χ4n) is 5.36. The van der Waals surface area contributed by atoms with Crippen molar-refractivity contribution in [3.8, 4) is 0 Å². The van der Waals surface area contributed by atoms with E-state index in [0.717, 1.165) is 5.56 Å². The smallest absolute Gasteiger partial charge is 0.410 e. The molecule has 0 spiro atoms. The summed E-state index contributed by atoms with van der Waals surface area (Å²) in [6.07, 6.45) is 2.97. The number of benzene rings is 1. The van der Waals surface area contributed by atoms with E-state index in [1.54, 1.807) is 36.6 Å². The number of amides is 4. The van der Waals surface area contributed by atoms with E-state index in [1.165, 1.54) is 4.90 Å². The van der Waals surface area contributed by atoms with Crippen molar-refractivity contribution in [2.45, 2.75) is 92.1 Å². The number of carbonyl (C=O) groups is 4. The van der Waals surface area contributed by atoms with Crippen LogP contribution in [0, 0.1) is 0 Å². The first kappa shape index (κ1) is 42.0. The third kappa shape index (κ3) is 15.9. The Kier molecular flexibility index (Phi) is 15.3. The van der Waals surface area contributed by atoms with Crippen LogP contribution in [0.2, 0.25) is 0 Å². The highest BCUT2D eigenvalue weighted by atomic mass is 16.6. The van der Waals surface area contributed by atoms with Crippen LogP contribution in [0.3, 0.4) is 0 Å². The minimum atomic E-state index is -0.720. The number of hydrogen-bond donors (Lipinski definition) is 1. The van der Waals surface area contributed by atoms with Crippen molar-refractivity contribution in [1.29, 1.82) is 0 Å². The molecule has 0 radical (unpaired) electrons. The van der Waals surface area contributed by atoms with Gasteiger partial charge in [0, 0.05) is 70.5 Å². The van der Waals surface area contributed by atoms with Gasteiger partial charge >= 0.3 is 18.3 Å². The predicted molar refractivity (Wildman–Crippen MR) is 199 cm³/mol. The molecule has 1 aromatic heterocycles. The van der Waals surface area contributed by atoms with Gasteiger partial charge in [-0.2, -0.15) is 4.57 Å². The summed E-state index contributed by atoms with van der Waals surface area (Å²) >= 11 is 0. The first-order valence-corrected chi connectivity index (χ1v) is 18.3. The van der Waals surface area contributed by atoms with Crippen molar-refractivity contribution in [3.63, 3.8) is 0 Å². The highest BCUT2D eigenvalue weighted by Crippen LogP contribution is 2.15. The number of aromatic nitrogens is 1. The maximum atomic E-state index is 13.3. The Hall–Kier alpha value is -4.39. The average Bonchev–Trinajstić information content (AvgIpc) is 3.02. The zero-order valence-electron chi connectivity index (χ0n) is 32.8. The van der Waals surface area contributed by atoms with Crippen molar-refractivity contribution in [2.24, 2.45) is 0 Å². The lowest BCUT2D eigenvalue weighted by Gasteiger charge is -2.35. The second-order valence-electron chi connectivity index (χ2n) is 16.1. The molecule has 13 heteroatoms. The summed E-state index contributed by atoms with van der Waals surface area (Å²) in [6.45, 7) is 20.5. The van der Waals surface area contributed by atoms with E-state index in [0.29, 0.717) is 57.8 Å². The molecule has 3 rings (SSSR count). The topological polar surface area (TPSA) is 125 Å². The van der Waals surface area contributed by atoms with Gasteiger partial charge in [-0.05, 0) is 81.3 Å². The summed E-state index contributed by atoms with van der Waals surface area (Å²) in [6, 6.07) is 13.7. The standard InChI is InChI=1S/C39H60N6O7/c1-37(2,3)50-34(47)43-23-21-41(20-14-18-40-33(46)32-17-13-19-42(30-32)29-31-15-11-10-12-16-31)22-24-44(35(48)51-38(4,5)6)26-28-45(27-25-43)36(49)52-39(7,8)9/h10-13,15-17,19,30H,14,18,20-29H2,1-9H3/p+1. The molecule has 0 atom stereocenters. The molecule has 1 N–H and O–H groups in total. The molecule has 1 aliphatic rings. The van der Waals surface area contributed by atoms with Crippen LogP contribution in [-0.2, 0) is 20.8 Å². The van der Waals surface area contributed by atoms with Gasteiger partial charge in [0.2, 0.25) is 0 Å². The summed E-state index contributed by atoms with van der Waals surface area (Å²) in [5, 5.41) is 3.04. The van der Waals surface area contributed by atoms with Crippen LogP contribution in [0.4, 0.5) is 14.4 Å². The monoisotopic (exact) mass is 725 g/mol. The number of nitrogens with zero attached hydrogens (tertiary/aromatic N) is 5. The van der Waals surface area contributed by atoms with Crippen LogP contribution in [-0.4, -0.2) is 126 Å². The van der Waals surface area contributed by atoms with Crippen molar-refractivity contribution in [3.05, 3.63) is 66.0 Å². The molecule has 0 saturated carbocycles. The Balaban J connectivity index is 1.72. The van der Waals surface area contributed by atoms with Gasteiger partial charge in [-0.25, -0.2) is 14.4 Å². The van der Waals surface area contributed by atoms with Crippen molar-refractivity contribution in [2.75, 3.05) is 65.4 Å². The zero-order chi connectivity index (χ0) is 38.5. The average molecular weight is 726 g/mol. The van der Waals surface area contributed by atoms with Gasteiger partial charge in [-0.15, -0.1) is 0 Å². The van der Waals surface area contributed by atoms with Gasteiger partial charge in [0.05, 0.1) is 0 Å². The van der Waals surface area contributed by atoms with Crippen molar-refractivity contribution < 1.29 is 38.0 Å². The SMILES string of the molecule is CC(C)(C)OC(=O)N1CCN(CCCNC(=O)c2ccc[n+](Cc3ccccc3)c2)CCN(C(=O)OC(C)(C)C)CCN(C(=O)OC(C)(C)C)CC1. The maximum absolute atomic E-state index is 13.3. The Morgan fingerprint density at radius 1 is 0.635 bits per heavy atom. The second kappa shape index (κ2) is 18.9. The second-order valence-corrected chi connectivity index (χ2v) is 16.1. The van der Waals surface area contributed by atoms with Crippen LogP contribution < -0.4 is 9.88 Å². The largest absolute Gasteiger partial charge is 0.444 e. The molecule has 1 aromatic carbocycles. The van der Waals surface area contributed by atoms with E-state index in [1.807, 2.05) is 82.8 Å². The summed E-state index contributed by atoms with van der Waals surface area (Å²) in [5.74, 6) is -0.155. The van der Waals surface area contributed by atoms with Gasteiger partial charge < -0.3 is 34.2 Å². The molecular formula is C39H61N6O7+. The number of carbonyl (C=O) groups excluding carboxylic acids is 4. The highest BCUT2D eigenvalue weighted by molar-refractivity contribution is 5.93. The van der Waals surface area contributed by atoms with E-state index in [9.17, 15) is 19.2 Å². The van der Waals surface area contributed by atoms with Crippen LogP contribution in [0.5, 0.6) is 0 Å². The van der Waals surface area contributed by atoms with Crippen molar-refractivity contribution in [1.82, 2.24) is 24.9 Å². The summed E-state index contributed by atoms with van der Waals surface area (Å²) in [5.41, 5.74) is -0.395. The molecule has 288 valence electrons. The summed E-state index contributed by atoms with van der Waals surface area (Å²) < 4.78 is 19.1. The van der Waals surface area contributed by atoms with Crippen LogP contribution in [0.15, 0.2) is 54.9 Å². The number of pyridine rings is 1. The lowest BCUT2D eigenvalue weighted by atomic mass is 10.2. The quantitative estimate of drug-likeness (QED) is 0.236. The Labute approximate surface area is 310 Å². The Morgan fingerprint density at radius 2 is 1.08 bits per heavy atom. The van der Waals surface area contributed by atoms with Gasteiger partial charge in [0.15, 0.2) is 18.9 Å². The highest BCUT2D eigenvalue weighted by Gasteiger charge is 2.29. The van der Waals surface area contributed by atoms with Crippen LogP contribution >= 0.6 is 0 Å². The number of nitrogens with one attached hydrogen (secondary N) is 1.